The SMILES string of the molecule is C#CCNC(=O)Cn1c(C)nc2ccccc2c1=O. The van der Waals surface area contributed by atoms with E-state index >= 15 is 0 Å². The summed E-state index contributed by atoms with van der Waals surface area (Å²) in [6, 6.07) is 7.05. The quantitative estimate of drug-likeness (QED) is 0.810. The van der Waals surface area contributed by atoms with Crippen LogP contribution in [0.25, 0.3) is 10.9 Å². The van der Waals surface area contributed by atoms with Crippen molar-refractivity contribution in [2.75, 3.05) is 6.54 Å². The highest BCUT2D eigenvalue weighted by Gasteiger charge is 2.10. The summed E-state index contributed by atoms with van der Waals surface area (Å²) in [5.41, 5.74) is 0.407. The zero-order valence-corrected chi connectivity index (χ0v) is 10.5. The molecule has 0 aliphatic carbocycles. The molecule has 96 valence electrons. The van der Waals surface area contributed by atoms with E-state index in [1.807, 2.05) is 6.07 Å². The van der Waals surface area contributed by atoms with Crippen LogP contribution < -0.4 is 10.9 Å². The van der Waals surface area contributed by atoms with Gasteiger partial charge in [0.25, 0.3) is 5.56 Å². The zero-order chi connectivity index (χ0) is 13.8. The number of carbonyl (C=O) groups excluding carboxylic acids is 1. The van der Waals surface area contributed by atoms with Gasteiger partial charge in [0, 0.05) is 0 Å². The molecule has 0 radical (unpaired) electrons. The van der Waals surface area contributed by atoms with Gasteiger partial charge in [0.1, 0.15) is 12.4 Å². The Balaban J connectivity index is 2.41. The first-order valence-electron chi connectivity index (χ1n) is 5.80. The molecule has 2 rings (SSSR count). The normalized spacial score (nSPS) is 10.1. The summed E-state index contributed by atoms with van der Waals surface area (Å²) < 4.78 is 1.34. The zero-order valence-electron chi connectivity index (χ0n) is 10.5. The van der Waals surface area contributed by atoms with Gasteiger partial charge in [-0.3, -0.25) is 14.2 Å². The van der Waals surface area contributed by atoms with E-state index in [9.17, 15) is 9.59 Å². The van der Waals surface area contributed by atoms with Gasteiger partial charge in [-0.1, -0.05) is 18.1 Å². The molecular formula is C14H13N3O2. The molecule has 0 atom stereocenters. The summed E-state index contributed by atoms with van der Waals surface area (Å²) in [6.45, 7) is 1.76. The molecule has 0 aliphatic rings. The molecule has 1 aromatic carbocycles. The first-order valence-corrected chi connectivity index (χ1v) is 5.80. The molecule has 0 saturated heterocycles. The summed E-state index contributed by atoms with van der Waals surface area (Å²) in [5.74, 6) is 2.50. The lowest BCUT2D eigenvalue weighted by Gasteiger charge is -2.10. The van der Waals surface area contributed by atoms with Crippen molar-refractivity contribution in [3.63, 3.8) is 0 Å². The highest BCUT2D eigenvalue weighted by Crippen LogP contribution is 2.07. The number of aryl methyl sites for hydroxylation is 1. The maximum atomic E-state index is 12.3. The van der Waals surface area contributed by atoms with Gasteiger partial charge in [0.05, 0.1) is 17.4 Å². The van der Waals surface area contributed by atoms with Gasteiger partial charge in [0.2, 0.25) is 5.91 Å². The highest BCUT2D eigenvalue weighted by molar-refractivity contribution is 5.79. The fourth-order valence-electron chi connectivity index (χ4n) is 1.81. The molecule has 1 N–H and O–H groups in total. The maximum Gasteiger partial charge on any atom is 0.261 e. The van der Waals surface area contributed by atoms with Crippen LogP contribution in [-0.2, 0) is 11.3 Å². The molecule has 0 bridgehead atoms. The molecular weight excluding hydrogens is 242 g/mol. The monoisotopic (exact) mass is 255 g/mol. The van der Waals surface area contributed by atoms with Gasteiger partial charge in [-0.05, 0) is 19.1 Å². The van der Waals surface area contributed by atoms with E-state index < -0.39 is 0 Å². The molecule has 19 heavy (non-hydrogen) atoms. The molecule has 1 heterocycles. The molecule has 0 aliphatic heterocycles. The number of benzene rings is 1. The second kappa shape index (κ2) is 5.36. The number of carbonyl (C=O) groups is 1. The number of nitrogens with one attached hydrogen (secondary N) is 1. The summed E-state index contributed by atoms with van der Waals surface area (Å²) in [5, 5.41) is 3.02. The number of amides is 1. The van der Waals surface area contributed by atoms with Crippen LogP contribution in [0.15, 0.2) is 29.1 Å². The first kappa shape index (κ1) is 12.8. The van der Waals surface area contributed by atoms with Gasteiger partial charge in [-0.15, -0.1) is 6.42 Å². The average Bonchev–Trinajstić information content (AvgIpc) is 2.41. The van der Waals surface area contributed by atoms with Gasteiger partial charge in [-0.25, -0.2) is 4.98 Å². The first-order chi connectivity index (χ1) is 9.13. The second-order valence-electron chi connectivity index (χ2n) is 4.05. The van der Waals surface area contributed by atoms with Gasteiger partial charge in [0.15, 0.2) is 0 Å². The summed E-state index contributed by atoms with van der Waals surface area (Å²) in [6.07, 6.45) is 5.06. The van der Waals surface area contributed by atoms with Crippen LogP contribution in [-0.4, -0.2) is 22.0 Å². The van der Waals surface area contributed by atoms with Gasteiger partial charge in [-0.2, -0.15) is 0 Å². The molecule has 5 heteroatoms. The third kappa shape index (κ3) is 2.63. The maximum absolute atomic E-state index is 12.3. The predicted octanol–water partition coefficient (Wildman–Crippen LogP) is 0.454. The third-order valence-corrected chi connectivity index (χ3v) is 2.74. The van der Waals surface area contributed by atoms with Crippen molar-refractivity contribution in [1.82, 2.24) is 14.9 Å². The van der Waals surface area contributed by atoms with E-state index in [4.69, 9.17) is 6.42 Å². The van der Waals surface area contributed by atoms with E-state index in [2.05, 4.69) is 16.2 Å². The number of aromatic nitrogens is 2. The number of rotatable bonds is 3. The Labute approximate surface area is 110 Å². The summed E-state index contributed by atoms with van der Waals surface area (Å²) in [4.78, 5) is 28.2. The Hall–Kier alpha value is -2.61. The van der Waals surface area contributed by atoms with Crippen molar-refractivity contribution in [3.05, 3.63) is 40.4 Å². The van der Waals surface area contributed by atoms with E-state index in [1.54, 1.807) is 25.1 Å². The van der Waals surface area contributed by atoms with Crippen LogP contribution in [0.3, 0.4) is 0 Å². The number of fused-ring (bicyclic) bond motifs is 1. The Kier molecular flexibility index (Phi) is 3.62. The molecule has 0 unspecified atom stereocenters. The molecule has 0 spiro atoms. The lowest BCUT2D eigenvalue weighted by atomic mass is 10.2. The minimum atomic E-state index is -0.305. The Morgan fingerprint density at radius 2 is 2.21 bits per heavy atom. The van der Waals surface area contributed by atoms with E-state index in [1.165, 1.54) is 4.57 Å². The van der Waals surface area contributed by atoms with E-state index in [-0.39, 0.29) is 24.6 Å². The van der Waals surface area contributed by atoms with Crippen LogP contribution in [0, 0.1) is 19.3 Å². The van der Waals surface area contributed by atoms with Gasteiger partial charge < -0.3 is 5.32 Å². The third-order valence-electron chi connectivity index (χ3n) is 2.74. The number of hydrogen-bond donors (Lipinski definition) is 1. The van der Waals surface area contributed by atoms with Crippen molar-refractivity contribution in [1.29, 1.82) is 0 Å². The van der Waals surface area contributed by atoms with Crippen molar-refractivity contribution in [2.45, 2.75) is 13.5 Å². The van der Waals surface area contributed by atoms with Crippen LogP contribution in [0.1, 0.15) is 5.82 Å². The smallest absolute Gasteiger partial charge is 0.261 e. The second-order valence-corrected chi connectivity index (χ2v) is 4.05. The number of nitrogens with zero attached hydrogens (tertiary/aromatic N) is 2. The number of terminal acetylenes is 1. The largest absolute Gasteiger partial charge is 0.344 e. The Morgan fingerprint density at radius 3 is 2.95 bits per heavy atom. The average molecular weight is 255 g/mol. The topological polar surface area (TPSA) is 64.0 Å². The van der Waals surface area contributed by atoms with Crippen molar-refractivity contribution >= 4 is 16.8 Å². The predicted molar refractivity (Wildman–Crippen MR) is 72.6 cm³/mol. The molecule has 0 fully saturated rings. The highest BCUT2D eigenvalue weighted by atomic mass is 16.2. The molecule has 2 aromatic rings. The molecule has 0 saturated carbocycles. The van der Waals surface area contributed by atoms with Gasteiger partial charge >= 0.3 is 0 Å². The minimum Gasteiger partial charge on any atom is -0.344 e. The van der Waals surface area contributed by atoms with Crippen molar-refractivity contribution < 1.29 is 4.79 Å². The van der Waals surface area contributed by atoms with E-state index in [0.717, 1.165) is 0 Å². The molecule has 5 nitrogen and oxygen atoms in total. The fraction of sp³-hybridized carbons (Fsp3) is 0.214. The Morgan fingerprint density at radius 1 is 1.47 bits per heavy atom. The van der Waals surface area contributed by atoms with Crippen LogP contribution in [0.5, 0.6) is 0 Å². The minimum absolute atomic E-state index is 0.0792. The van der Waals surface area contributed by atoms with E-state index in [0.29, 0.717) is 16.7 Å². The standard InChI is InChI=1S/C14H13N3O2/c1-3-8-15-13(18)9-17-10(2)16-12-7-5-4-6-11(12)14(17)19/h1,4-7H,8-9H2,2H3,(H,15,18). The van der Waals surface area contributed by atoms with Crippen molar-refractivity contribution in [2.24, 2.45) is 0 Å². The van der Waals surface area contributed by atoms with Crippen LogP contribution in [0.2, 0.25) is 0 Å². The van der Waals surface area contributed by atoms with Crippen LogP contribution >= 0.6 is 0 Å². The van der Waals surface area contributed by atoms with Crippen LogP contribution in [0.4, 0.5) is 0 Å². The van der Waals surface area contributed by atoms with Crippen molar-refractivity contribution in [3.8, 4) is 12.3 Å². The molecule has 1 aromatic heterocycles. The number of para-hydroxylation sites is 1. The molecule has 1 amide bonds. The lowest BCUT2D eigenvalue weighted by molar-refractivity contribution is -0.121. The number of hydrogen-bond acceptors (Lipinski definition) is 3. The summed E-state index contributed by atoms with van der Waals surface area (Å²) >= 11 is 0. The summed E-state index contributed by atoms with van der Waals surface area (Å²) in [7, 11) is 0. The fourth-order valence-corrected chi connectivity index (χ4v) is 1.81. The lowest BCUT2D eigenvalue weighted by Crippen LogP contribution is -2.34. The Bertz CT molecular complexity index is 726.